The van der Waals surface area contributed by atoms with E-state index >= 15 is 0 Å². The Morgan fingerprint density at radius 3 is 2.47 bits per heavy atom. The second-order valence-electron chi connectivity index (χ2n) is 6.18. The zero-order chi connectivity index (χ0) is 13.5. The molecule has 2 rings (SSSR count). The summed E-state index contributed by atoms with van der Waals surface area (Å²) in [5.41, 5.74) is 0. The molecule has 0 aromatic heterocycles. The molecule has 1 saturated carbocycles. The molecule has 3 atom stereocenters. The summed E-state index contributed by atoms with van der Waals surface area (Å²) in [5, 5.41) is 3.58. The average Bonchev–Trinajstić information content (AvgIpc) is 2.90. The maximum atomic E-state index is 5.84. The lowest BCUT2D eigenvalue weighted by Crippen LogP contribution is -2.51. The number of ether oxygens (including phenoxy) is 1. The average molecular weight is 268 g/mol. The fourth-order valence-corrected chi connectivity index (χ4v) is 3.79. The summed E-state index contributed by atoms with van der Waals surface area (Å²) in [6.07, 6.45) is 11.3. The van der Waals surface area contributed by atoms with Gasteiger partial charge in [-0.15, -0.1) is 0 Å². The normalized spacial score (nSPS) is 33.3. The molecule has 3 nitrogen and oxygen atoms in total. The zero-order valence-corrected chi connectivity index (χ0v) is 12.9. The maximum absolute atomic E-state index is 5.84. The third kappa shape index (κ3) is 4.44. The van der Waals surface area contributed by atoms with Crippen molar-refractivity contribution in [1.29, 1.82) is 0 Å². The maximum Gasteiger partial charge on any atom is 0.0702 e. The molecule has 1 heterocycles. The van der Waals surface area contributed by atoms with Crippen LogP contribution in [0.15, 0.2) is 0 Å². The fraction of sp³-hybridized carbons (Fsp3) is 1.00. The highest BCUT2D eigenvalue weighted by Crippen LogP contribution is 2.23. The highest BCUT2D eigenvalue weighted by Gasteiger charge is 2.29. The molecule has 112 valence electrons. The Kier molecular flexibility index (Phi) is 6.62. The van der Waals surface area contributed by atoms with E-state index < -0.39 is 0 Å². The molecule has 0 bridgehead atoms. The van der Waals surface area contributed by atoms with E-state index in [2.05, 4.69) is 24.2 Å². The number of hydrogen-bond acceptors (Lipinski definition) is 3. The molecule has 1 aliphatic carbocycles. The van der Waals surface area contributed by atoms with Gasteiger partial charge in [-0.1, -0.05) is 32.6 Å². The van der Waals surface area contributed by atoms with Crippen LogP contribution in [0.2, 0.25) is 0 Å². The van der Waals surface area contributed by atoms with Crippen LogP contribution in [0.3, 0.4) is 0 Å². The van der Waals surface area contributed by atoms with Gasteiger partial charge in [-0.05, 0) is 39.3 Å². The molecule has 1 saturated heterocycles. The van der Waals surface area contributed by atoms with E-state index in [9.17, 15) is 0 Å². The summed E-state index contributed by atoms with van der Waals surface area (Å²) < 4.78 is 5.84. The van der Waals surface area contributed by atoms with Crippen molar-refractivity contribution in [2.45, 2.75) is 76.5 Å². The third-order valence-electron chi connectivity index (χ3n) is 4.94. The number of nitrogens with zero attached hydrogens (tertiary/aromatic N) is 1. The lowest BCUT2D eigenvalue weighted by molar-refractivity contribution is 0.0460. The molecule has 3 heteroatoms. The van der Waals surface area contributed by atoms with E-state index in [1.165, 1.54) is 51.4 Å². The third-order valence-corrected chi connectivity index (χ3v) is 4.94. The van der Waals surface area contributed by atoms with Gasteiger partial charge < -0.3 is 10.1 Å². The SMILES string of the molecule is CCN(CC1CCCO1)C1CCCCCCC1NC. The Morgan fingerprint density at radius 2 is 1.84 bits per heavy atom. The molecule has 0 spiro atoms. The van der Waals surface area contributed by atoms with Gasteiger partial charge in [0, 0.05) is 25.2 Å². The van der Waals surface area contributed by atoms with Crippen LogP contribution in [0.4, 0.5) is 0 Å². The minimum atomic E-state index is 0.489. The van der Waals surface area contributed by atoms with Crippen molar-refractivity contribution in [1.82, 2.24) is 10.2 Å². The molecule has 1 N–H and O–H groups in total. The van der Waals surface area contributed by atoms with Crippen molar-refractivity contribution in [3.63, 3.8) is 0 Å². The Morgan fingerprint density at radius 1 is 1.05 bits per heavy atom. The van der Waals surface area contributed by atoms with Gasteiger partial charge >= 0.3 is 0 Å². The molecule has 19 heavy (non-hydrogen) atoms. The molecule has 0 amide bonds. The van der Waals surface area contributed by atoms with Crippen molar-refractivity contribution < 1.29 is 4.74 Å². The number of rotatable bonds is 5. The first-order valence-electron chi connectivity index (χ1n) is 8.38. The van der Waals surface area contributed by atoms with Crippen LogP contribution < -0.4 is 5.32 Å². The van der Waals surface area contributed by atoms with Gasteiger partial charge in [-0.25, -0.2) is 0 Å². The van der Waals surface area contributed by atoms with Gasteiger partial charge in [0.25, 0.3) is 0 Å². The molecule has 3 unspecified atom stereocenters. The monoisotopic (exact) mass is 268 g/mol. The summed E-state index contributed by atoms with van der Waals surface area (Å²) in [4.78, 5) is 2.68. The van der Waals surface area contributed by atoms with E-state index in [4.69, 9.17) is 4.74 Å². The number of hydrogen-bond donors (Lipinski definition) is 1. The van der Waals surface area contributed by atoms with Crippen molar-refractivity contribution in [3.05, 3.63) is 0 Å². The first-order chi connectivity index (χ1) is 9.35. The van der Waals surface area contributed by atoms with E-state index in [0.717, 1.165) is 19.7 Å². The summed E-state index contributed by atoms with van der Waals surface area (Å²) in [6.45, 7) is 5.57. The van der Waals surface area contributed by atoms with Gasteiger partial charge in [-0.3, -0.25) is 4.90 Å². The topological polar surface area (TPSA) is 24.5 Å². The Labute approximate surface area is 119 Å². The van der Waals surface area contributed by atoms with Crippen LogP contribution in [0.25, 0.3) is 0 Å². The smallest absolute Gasteiger partial charge is 0.0702 e. The molecule has 2 aliphatic rings. The summed E-state index contributed by atoms with van der Waals surface area (Å²) in [6, 6.07) is 1.38. The summed E-state index contributed by atoms with van der Waals surface area (Å²) >= 11 is 0. The van der Waals surface area contributed by atoms with Crippen molar-refractivity contribution >= 4 is 0 Å². The first-order valence-corrected chi connectivity index (χ1v) is 8.38. The highest BCUT2D eigenvalue weighted by atomic mass is 16.5. The number of nitrogens with one attached hydrogen (secondary N) is 1. The minimum Gasteiger partial charge on any atom is -0.377 e. The van der Waals surface area contributed by atoms with Crippen LogP contribution in [-0.2, 0) is 4.74 Å². The van der Waals surface area contributed by atoms with E-state index in [-0.39, 0.29) is 0 Å². The van der Waals surface area contributed by atoms with Crippen LogP contribution in [0.1, 0.15) is 58.3 Å². The van der Waals surface area contributed by atoms with Crippen molar-refractivity contribution in [2.75, 3.05) is 26.7 Å². The van der Waals surface area contributed by atoms with E-state index in [1.54, 1.807) is 0 Å². The van der Waals surface area contributed by atoms with Gasteiger partial charge in [0.05, 0.1) is 6.10 Å². The van der Waals surface area contributed by atoms with Gasteiger partial charge in [0.15, 0.2) is 0 Å². The lowest BCUT2D eigenvalue weighted by Gasteiger charge is -2.39. The molecule has 0 radical (unpaired) electrons. The van der Waals surface area contributed by atoms with Gasteiger partial charge in [0.1, 0.15) is 0 Å². The van der Waals surface area contributed by atoms with Crippen molar-refractivity contribution in [3.8, 4) is 0 Å². The highest BCUT2D eigenvalue weighted by molar-refractivity contribution is 4.86. The molecule has 0 aromatic rings. The van der Waals surface area contributed by atoms with Crippen LogP contribution in [0.5, 0.6) is 0 Å². The van der Waals surface area contributed by atoms with E-state index in [1.807, 2.05) is 0 Å². The predicted octanol–water partition coefficient (Wildman–Crippen LogP) is 2.80. The Bertz CT molecular complexity index is 241. The van der Waals surface area contributed by atoms with Gasteiger partial charge in [0.2, 0.25) is 0 Å². The zero-order valence-electron chi connectivity index (χ0n) is 12.9. The predicted molar refractivity (Wildman–Crippen MR) is 80.6 cm³/mol. The minimum absolute atomic E-state index is 0.489. The quantitative estimate of drug-likeness (QED) is 0.830. The number of likely N-dealkylation sites (N-methyl/N-ethyl adjacent to an activating group) is 2. The standard InChI is InChI=1S/C16H32N2O/c1-3-18(13-14-9-8-12-19-14)16-11-7-5-4-6-10-15(16)17-2/h14-17H,3-13H2,1-2H3. The molecular weight excluding hydrogens is 236 g/mol. The molecule has 0 aromatic carbocycles. The molecular formula is C16H32N2O. The second-order valence-corrected chi connectivity index (χ2v) is 6.18. The molecule has 1 aliphatic heterocycles. The Balaban J connectivity index is 1.94. The summed E-state index contributed by atoms with van der Waals surface area (Å²) in [7, 11) is 2.14. The largest absolute Gasteiger partial charge is 0.377 e. The van der Waals surface area contributed by atoms with Crippen LogP contribution in [0, 0.1) is 0 Å². The van der Waals surface area contributed by atoms with Crippen LogP contribution in [-0.4, -0.2) is 49.8 Å². The lowest BCUT2D eigenvalue weighted by atomic mass is 9.91. The van der Waals surface area contributed by atoms with Crippen LogP contribution >= 0.6 is 0 Å². The summed E-state index contributed by atoms with van der Waals surface area (Å²) in [5.74, 6) is 0. The Hall–Kier alpha value is -0.120. The molecule has 2 fully saturated rings. The van der Waals surface area contributed by atoms with Crippen molar-refractivity contribution in [2.24, 2.45) is 0 Å². The van der Waals surface area contributed by atoms with E-state index in [0.29, 0.717) is 18.2 Å². The first kappa shape index (κ1) is 15.3. The second kappa shape index (κ2) is 8.23. The van der Waals surface area contributed by atoms with Gasteiger partial charge in [-0.2, -0.15) is 0 Å². The fourth-order valence-electron chi connectivity index (χ4n) is 3.79.